The number of pyridine rings is 1. The molecule has 1 amide bonds. The Kier molecular flexibility index (Phi) is 5.17. The van der Waals surface area contributed by atoms with E-state index in [-0.39, 0.29) is 11.8 Å². The first-order chi connectivity index (χ1) is 12.3. The summed E-state index contributed by atoms with van der Waals surface area (Å²) in [5.74, 6) is 0.768. The third kappa shape index (κ3) is 3.96. The fourth-order valence-electron chi connectivity index (χ4n) is 4.22. The maximum Gasteiger partial charge on any atom is 0.228 e. The van der Waals surface area contributed by atoms with Crippen molar-refractivity contribution in [2.45, 2.75) is 38.1 Å². The first-order valence-electron chi connectivity index (χ1n) is 9.63. The number of carbonyl (C=O) groups is 1. The molecule has 0 bridgehead atoms. The number of nitrogens with zero attached hydrogens (tertiary/aromatic N) is 3. The van der Waals surface area contributed by atoms with Crippen LogP contribution in [0.15, 0.2) is 18.3 Å². The Bertz CT molecular complexity index is 580. The van der Waals surface area contributed by atoms with Gasteiger partial charge < -0.3 is 15.0 Å². The molecule has 136 valence electrons. The molecule has 3 aliphatic heterocycles. The molecule has 4 heterocycles. The predicted octanol–water partition coefficient (Wildman–Crippen LogP) is 2.12. The highest BCUT2D eigenvalue weighted by atomic mass is 16.5. The van der Waals surface area contributed by atoms with Crippen LogP contribution in [0.25, 0.3) is 0 Å². The molecule has 0 aromatic carbocycles. The zero-order chi connectivity index (χ0) is 17.1. The van der Waals surface area contributed by atoms with Crippen molar-refractivity contribution in [1.82, 2.24) is 9.88 Å². The summed E-state index contributed by atoms with van der Waals surface area (Å²) in [6.45, 7) is 6.06. The summed E-state index contributed by atoms with van der Waals surface area (Å²) in [6, 6.07) is 4.70. The summed E-state index contributed by atoms with van der Waals surface area (Å²) in [5.41, 5.74) is 1.16. The monoisotopic (exact) mass is 344 g/mol. The Morgan fingerprint density at radius 1 is 1.12 bits per heavy atom. The summed E-state index contributed by atoms with van der Waals surface area (Å²) in [6.07, 6.45) is 7.43. The molecule has 0 saturated carbocycles. The SMILES string of the molecule is O=C(Nc1ccc(N2CC[C@H](N3CCCC3)C2)cn1)C1CCOCC1. The highest BCUT2D eigenvalue weighted by Gasteiger charge is 2.29. The highest BCUT2D eigenvalue weighted by Crippen LogP contribution is 2.25. The molecule has 1 atom stereocenters. The van der Waals surface area contributed by atoms with Gasteiger partial charge in [0.1, 0.15) is 5.82 Å². The molecule has 1 N–H and O–H groups in total. The number of carbonyl (C=O) groups excluding carboxylic acids is 1. The van der Waals surface area contributed by atoms with Crippen LogP contribution in [0.1, 0.15) is 32.1 Å². The van der Waals surface area contributed by atoms with Crippen LogP contribution in [0.3, 0.4) is 0 Å². The second kappa shape index (κ2) is 7.70. The minimum absolute atomic E-state index is 0.0510. The fraction of sp³-hybridized carbons (Fsp3) is 0.684. The number of amides is 1. The first kappa shape index (κ1) is 16.8. The average Bonchev–Trinajstić information content (AvgIpc) is 3.35. The maximum atomic E-state index is 12.3. The molecule has 6 nitrogen and oxygen atoms in total. The quantitative estimate of drug-likeness (QED) is 0.907. The number of nitrogens with one attached hydrogen (secondary N) is 1. The van der Waals surface area contributed by atoms with Gasteiger partial charge in [0.05, 0.1) is 11.9 Å². The fourth-order valence-corrected chi connectivity index (χ4v) is 4.22. The number of ether oxygens (including phenoxy) is 1. The number of hydrogen-bond acceptors (Lipinski definition) is 5. The number of hydrogen-bond donors (Lipinski definition) is 1. The van der Waals surface area contributed by atoms with Crippen LogP contribution in [0.5, 0.6) is 0 Å². The van der Waals surface area contributed by atoms with Crippen LogP contribution in [0, 0.1) is 5.92 Å². The molecule has 6 heteroatoms. The minimum atomic E-state index is 0.0510. The van der Waals surface area contributed by atoms with E-state index in [4.69, 9.17) is 4.74 Å². The lowest BCUT2D eigenvalue weighted by atomic mass is 9.99. The molecule has 4 rings (SSSR count). The Morgan fingerprint density at radius 3 is 2.64 bits per heavy atom. The van der Waals surface area contributed by atoms with Gasteiger partial charge in [0, 0.05) is 38.3 Å². The van der Waals surface area contributed by atoms with E-state index in [1.807, 2.05) is 12.3 Å². The standard InChI is InChI=1S/C19H28N4O2/c24-19(15-6-11-25-12-7-15)21-18-4-3-16(13-20-18)23-10-5-17(14-23)22-8-1-2-9-22/h3-4,13,15,17H,1-2,5-12,14H2,(H,20,21,24)/t17-/m0/s1. The van der Waals surface area contributed by atoms with E-state index in [1.165, 1.54) is 32.4 Å². The molecule has 0 radical (unpaired) electrons. The van der Waals surface area contributed by atoms with Gasteiger partial charge in [-0.1, -0.05) is 0 Å². The molecule has 3 aliphatic rings. The largest absolute Gasteiger partial charge is 0.381 e. The van der Waals surface area contributed by atoms with Crippen LogP contribution in [-0.2, 0) is 9.53 Å². The molecule has 0 unspecified atom stereocenters. The van der Waals surface area contributed by atoms with Crippen LogP contribution < -0.4 is 10.2 Å². The normalized spacial score (nSPS) is 25.4. The Hall–Kier alpha value is -1.66. The number of anilines is 2. The van der Waals surface area contributed by atoms with Crippen LogP contribution in [-0.4, -0.2) is 61.2 Å². The van der Waals surface area contributed by atoms with Crippen molar-refractivity contribution in [3.8, 4) is 0 Å². The van der Waals surface area contributed by atoms with Crippen molar-refractivity contribution in [1.29, 1.82) is 0 Å². The van der Waals surface area contributed by atoms with Gasteiger partial charge in [0.15, 0.2) is 0 Å². The maximum absolute atomic E-state index is 12.3. The van der Waals surface area contributed by atoms with Crippen molar-refractivity contribution >= 4 is 17.4 Å². The van der Waals surface area contributed by atoms with E-state index in [0.29, 0.717) is 25.1 Å². The second-order valence-corrected chi connectivity index (χ2v) is 7.41. The topological polar surface area (TPSA) is 57.7 Å². The second-order valence-electron chi connectivity index (χ2n) is 7.41. The lowest BCUT2D eigenvalue weighted by molar-refractivity contribution is -0.122. The summed E-state index contributed by atoms with van der Waals surface area (Å²) in [7, 11) is 0. The van der Waals surface area contributed by atoms with Crippen molar-refractivity contribution in [3.63, 3.8) is 0 Å². The van der Waals surface area contributed by atoms with E-state index in [2.05, 4.69) is 26.2 Å². The molecule has 0 aliphatic carbocycles. The average molecular weight is 344 g/mol. The third-order valence-electron chi connectivity index (χ3n) is 5.78. The van der Waals surface area contributed by atoms with Crippen LogP contribution in [0.2, 0.25) is 0 Å². The number of likely N-dealkylation sites (tertiary alicyclic amines) is 1. The molecular weight excluding hydrogens is 316 g/mol. The van der Waals surface area contributed by atoms with Crippen LogP contribution >= 0.6 is 0 Å². The minimum Gasteiger partial charge on any atom is -0.381 e. The Balaban J connectivity index is 1.31. The van der Waals surface area contributed by atoms with Gasteiger partial charge in [-0.15, -0.1) is 0 Å². The molecule has 3 saturated heterocycles. The van der Waals surface area contributed by atoms with Gasteiger partial charge in [0.2, 0.25) is 5.91 Å². The van der Waals surface area contributed by atoms with Gasteiger partial charge in [-0.3, -0.25) is 9.69 Å². The molecular formula is C19H28N4O2. The summed E-state index contributed by atoms with van der Waals surface area (Å²) in [5, 5.41) is 2.95. The Morgan fingerprint density at radius 2 is 1.92 bits per heavy atom. The highest BCUT2D eigenvalue weighted by molar-refractivity contribution is 5.91. The summed E-state index contributed by atoms with van der Waals surface area (Å²) in [4.78, 5) is 21.8. The molecule has 1 aromatic rings. The zero-order valence-corrected chi connectivity index (χ0v) is 14.8. The van der Waals surface area contributed by atoms with Gasteiger partial charge in [0.25, 0.3) is 0 Å². The summed E-state index contributed by atoms with van der Waals surface area (Å²) < 4.78 is 5.31. The van der Waals surface area contributed by atoms with Gasteiger partial charge in [-0.2, -0.15) is 0 Å². The van der Waals surface area contributed by atoms with Gasteiger partial charge in [-0.05, 0) is 57.3 Å². The lowest BCUT2D eigenvalue weighted by Gasteiger charge is -2.24. The van der Waals surface area contributed by atoms with Gasteiger partial charge >= 0.3 is 0 Å². The van der Waals surface area contributed by atoms with Crippen molar-refractivity contribution in [2.75, 3.05) is 49.6 Å². The van der Waals surface area contributed by atoms with Gasteiger partial charge in [-0.25, -0.2) is 4.98 Å². The van der Waals surface area contributed by atoms with E-state index in [9.17, 15) is 4.79 Å². The van der Waals surface area contributed by atoms with E-state index in [0.717, 1.165) is 31.6 Å². The zero-order valence-electron chi connectivity index (χ0n) is 14.8. The Labute approximate surface area is 149 Å². The molecule has 0 spiro atoms. The third-order valence-corrected chi connectivity index (χ3v) is 5.78. The smallest absolute Gasteiger partial charge is 0.228 e. The summed E-state index contributed by atoms with van der Waals surface area (Å²) >= 11 is 0. The first-order valence-corrected chi connectivity index (χ1v) is 9.63. The van der Waals surface area contributed by atoms with Crippen LogP contribution in [0.4, 0.5) is 11.5 Å². The van der Waals surface area contributed by atoms with E-state index >= 15 is 0 Å². The lowest BCUT2D eigenvalue weighted by Crippen LogP contribution is -2.35. The molecule has 3 fully saturated rings. The molecule has 25 heavy (non-hydrogen) atoms. The molecule has 1 aromatic heterocycles. The van der Waals surface area contributed by atoms with Crippen molar-refractivity contribution < 1.29 is 9.53 Å². The number of aromatic nitrogens is 1. The number of rotatable bonds is 4. The van der Waals surface area contributed by atoms with Crippen molar-refractivity contribution in [3.05, 3.63) is 18.3 Å². The van der Waals surface area contributed by atoms with E-state index < -0.39 is 0 Å². The van der Waals surface area contributed by atoms with E-state index in [1.54, 1.807) is 0 Å². The predicted molar refractivity (Wildman–Crippen MR) is 97.8 cm³/mol. The van der Waals surface area contributed by atoms with Crippen molar-refractivity contribution in [2.24, 2.45) is 5.92 Å².